The second-order valence-electron chi connectivity index (χ2n) is 5.80. The Morgan fingerprint density at radius 3 is 2.12 bits per heavy atom. The van der Waals surface area contributed by atoms with Gasteiger partial charge in [0, 0.05) is 25.1 Å². The lowest BCUT2D eigenvalue weighted by Gasteiger charge is -2.22. The molecule has 0 heterocycles. The first-order valence-corrected chi connectivity index (χ1v) is 6.24. The molecule has 2 nitrogen and oxygen atoms in total. The summed E-state index contributed by atoms with van der Waals surface area (Å²) in [5.74, 6) is 0. The van der Waals surface area contributed by atoms with Gasteiger partial charge in [-0.2, -0.15) is 0 Å². The van der Waals surface area contributed by atoms with Gasteiger partial charge in [-0.25, -0.2) is 0 Å². The maximum absolute atomic E-state index is 9.20. The van der Waals surface area contributed by atoms with E-state index in [1.165, 1.54) is 22.3 Å². The van der Waals surface area contributed by atoms with E-state index in [0.29, 0.717) is 0 Å². The molecule has 0 atom stereocenters. The van der Waals surface area contributed by atoms with Crippen molar-refractivity contribution in [3.63, 3.8) is 0 Å². The van der Waals surface area contributed by atoms with Crippen LogP contribution in [0.1, 0.15) is 36.1 Å². The van der Waals surface area contributed by atoms with Crippen LogP contribution >= 0.6 is 0 Å². The van der Waals surface area contributed by atoms with Crippen LogP contribution in [0.3, 0.4) is 0 Å². The number of hydrogen-bond acceptors (Lipinski definition) is 2. The molecular formula is C15H25NO. The number of aliphatic hydroxyl groups is 1. The fourth-order valence-electron chi connectivity index (χ4n) is 2.07. The molecule has 0 saturated heterocycles. The summed E-state index contributed by atoms with van der Waals surface area (Å²) < 4.78 is 0. The minimum absolute atomic E-state index is 0.0491. The summed E-state index contributed by atoms with van der Waals surface area (Å²) >= 11 is 0. The Hall–Kier alpha value is -0.860. The van der Waals surface area contributed by atoms with Crippen LogP contribution in [-0.2, 0) is 6.54 Å². The van der Waals surface area contributed by atoms with Crippen molar-refractivity contribution in [2.75, 3.05) is 13.2 Å². The van der Waals surface area contributed by atoms with Gasteiger partial charge in [0.2, 0.25) is 0 Å². The van der Waals surface area contributed by atoms with Gasteiger partial charge in [-0.15, -0.1) is 0 Å². The molecule has 0 aliphatic rings. The van der Waals surface area contributed by atoms with Crippen molar-refractivity contribution in [3.8, 4) is 0 Å². The highest BCUT2D eigenvalue weighted by Gasteiger charge is 2.15. The molecule has 0 radical (unpaired) electrons. The summed E-state index contributed by atoms with van der Waals surface area (Å²) in [5, 5.41) is 12.6. The Bertz CT molecular complexity index is 360. The highest BCUT2D eigenvalue weighted by Crippen LogP contribution is 2.17. The second-order valence-corrected chi connectivity index (χ2v) is 5.80. The highest BCUT2D eigenvalue weighted by atomic mass is 16.3. The standard InChI is InChI=1S/C15H25NO/c1-11-6-12(2)14(13(3)7-11)8-16-9-15(4,5)10-17/h6-7,16-17H,8-10H2,1-5H3. The SMILES string of the molecule is Cc1cc(C)c(CNCC(C)(C)CO)c(C)c1. The number of aryl methyl sites for hydroxylation is 3. The number of benzene rings is 1. The molecule has 17 heavy (non-hydrogen) atoms. The molecule has 0 unspecified atom stereocenters. The summed E-state index contributed by atoms with van der Waals surface area (Å²) in [6.07, 6.45) is 0. The van der Waals surface area contributed by atoms with E-state index in [0.717, 1.165) is 13.1 Å². The topological polar surface area (TPSA) is 32.3 Å². The summed E-state index contributed by atoms with van der Waals surface area (Å²) in [6, 6.07) is 4.45. The van der Waals surface area contributed by atoms with Gasteiger partial charge in [0.1, 0.15) is 0 Å². The summed E-state index contributed by atoms with van der Waals surface area (Å²) in [7, 11) is 0. The molecule has 0 saturated carbocycles. The zero-order chi connectivity index (χ0) is 13.1. The average Bonchev–Trinajstić information content (AvgIpc) is 2.22. The number of rotatable bonds is 5. The van der Waals surface area contributed by atoms with Crippen molar-refractivity contribution in [1.82, 2.24) is 5.32 Å². The van der Waals surface area contributed by atoms with Gasteiger partial charge >= 0.3 is 0 Å². The molecule has 0 fully saturated rings. The molecule has 2 heteroatoms. The number of aliphatic hydroxyl groups excluding tert-OH is 1. The van der Waals surface area contributed by atoms with Crippen molar-refractivity contribution in [2.24, 2.45) is 5.41 Å². The van der Waals surface area contributed by atoms with Crippen LogP contribution in [-0.4, -0.2) is 18.3 Å². The Balaban J connectivity index is 2.64. The Kier molecular flexibility index (Phi) is 4.72. The fourth-order valence-corrected chi connectivity index (χ4v) is 2.07. The lowest BCUT2D eigenvalue weighted by Crippen LogP contribution is -2.32. The molecule has 0 aliphatic heterocycles. The van der Waals surface area contributed by atoms with Gasteiger partial charge < -0.3 is 10.4 Å². The smallest absolute Gasteiger partial charge is 0.0494 e. The average molecular weight is 235 g/mol. The van der Waals surface area contributed by atoms with Crippen LogP contribution < -0.4 is 5.32 Å². The number of nitrogens with one attached hydrogen (secondary N) is 1. The van der Waals surface area contributed by atoms with Crippen molar-refractivity contribution in [2.45, 2.75) is 41.2 Å². The van der Waals surface area contributed by atoms with E-state index >= 15 is 0 Å². The lowest BCUT2D eigenvalue weighted by atomic mass is 9.94. The van der Waals surface area contributed by atoms with Crippen molar-refractivity contribution in [3.05, 3.63) is 34.4 Å². The van der Waals surface area contributed by atoms with Gasteiger partial charge in [-0.05, 0) is 37.5 Å². The molecule has 0 bridgehead atoms. The van der Waals surface area contributed by atoms with Crippen molar-refractivity contribution >= 4 is 0 Å². The van der Waals surface area contributed by atoms with Crippen LogP contribution in [0.25, 0.3) is 0 Å². The first-order chi connectivity index (χ1) is 7.85. The quantitative estimate of drug-likeness (QED) is 0.822. The van der Waals surface area contributed by atoms with E-state index < -0.39 is 0 Å². The van der Waals surface area contributed by atoms with E-state index in [-0.39, 0.29) is 12.0 Å². The summed E-state index contributed by atoms with van der Waals surface area (Å²) in [4.78, 5) is 0. The Morgan fingerprint density at radius 1 is 1.12 bits per heavy atom. The molecule has 96 valence electrons. The maximum Gasteiger partial charge on any atom is 0.0494 e. The molecule has 2 N–H and O–H groups in total. The fraction of sp³-hybridized carbons (Fsp3) is 0.600. The molecule has 1 rings (SSSR count). The zero-order valence-corrected chi connectivity index (χ0v) is 11.7. The van der Waals surface area contributed by atoms with Gasteiger partial charge in [0.05, 0.1) is 0 Å². The van der Waals surface area contributed by atoms with Crippen LogP contribution in [0.15, 0.2) is 12.1 Å². The normalized spacial score (nSPS) is 11.9. The maximum atomic E-state index is 9.20. The van der Waals surface area contributed by atoms with Gasteiger partial charge in [0.15, 0.2) is 0 Å². The van der Waals surface area contributed by atoms with Gasteiger partial charge in [0.25, 0.3) is 0 Å². The third-order valence-corrected chi connectivity index (χ3v) is 3.17. The zero-order valence-electron chi connectivity index (χ0n) is 11.7. The first kappa shape index (κ1) is 14.2. The molecular weight excluding hydrogens is 210 g/mol. The van der Waals surface area contributed by atoms with Crippen LogP contribution in [0.2, 0.25) is 0 Å². The number of hydrogen-bond donors (Lipinski definition) is 2. The minimum Gasteiger partial charge on any atom is -0.396 e. The third kappa shape index (κ3) is 4.14. The van der Waals surface area contributed by atoms with Crippen LogP contribution in [0, 0.1) is 26.2 Å². The van der Waals surface area contributed by atoms with E-state index in [1.807, 2.05) is 0 Å². The molecule has 0 spiro atoms. The lowest BCUT2D eigenvalue weighted by molar-refractivity contribution is 0.156. The summed E-state index contributed by atoms with van der Waals surface area (Å²) in [6.45, 7) is 12.5. The minimum atomic E-state index is -0.0491. The predicted octanol–water partition coefficient (Wildman–Crippen LogP) is 2.72. The highest BCUT2D eigenvalue weighted by molar-refractivity contribution is 5.37. The molecule has 1 aromatic carbocycles. The first-order valence-electron chi connectivity index (χ1n) is 6.24. The van der Waals surface area contributed by atoms with E-state index in [4.69, 9.17) is 0 Å². The van der Waals surface area contributed by atoms with Crippen molar-refractivity contribution in [1.29, 1.82) is 0 Å². The van der Waals surface area contributed by atoms with Gasteiger partial charge in [-0.3, -0.25) is 0 Å². The Labute approximate surface area is 105 Å². The van der Waals surface area contributed by atoms with Gasteiger partial charge in [-0.1, -0.05) is 31.5 Å². The van der Waals surface area contributed by atoms with Crippen LogP contribution in [0.5, 0.6) is 0 Å². The molecule has 1 aromatic rings. The largest absolute Gasteiger partial charge is 0.396 e. The molecule has 0 amide bonds. The van der Waals surface area contributed by atoms with Crippen LogP contribution in [0.4, 0.5) is 0 Å². The molecule has 0 aliphatic carbocycles. The van der Waals surface area contributed by atoms with E-state index in [1.54, 1.807) is 0 Å². The predicted molar refractivity (Wildman–Crippen MR) is 73.2 cm³/mol. The second kappa shape index (κ2) is 5.65. The monoisotopic (exact) mass is 235 g/mol. The third-order valence-electron chi connectivity index (χ3n) is 3.17. The van der Waals surface area contributed by atoms with E-state index in [2.05, 4.69) is 52.1 Å². The van der Waals surface area contributed by atoms with E-state index in [9.17, 15) is 5.11 Å². The Morgan fingerprint density at radius 2 is 1.65 bits per heavy atom. The molecule has 0 aromatic heterocycles. The summed E-state index contributed by atoms with van der Waals surface area (Å²) in [5.41, 5.74) is 5.34. The van der Waals surface area contributed by atoms with Crippen molar-refractivity contribution < 1.29 is 5.11 Å².